The van der Waals surface area contributed by atoms with Crippen LogP contribution in [0.4, 0.5) is 5.69 Å². The molecular formula is C12H17BrN2O3. The Morgan fingerprint density at radius 1 is 1.50 bits per heavy atom. The first-order valence-electron chi connectivity index (χ1n) is 5.43. The molecule has 0 radical (unpaired) electrons. The lowest BCUT2D eigenvalue weighted by Crippen LogP contribution is -2.35. The van der Waals surface area contributed by atoms with Crippen molar-refractivity contribution in [3.05, 3.63) is 28.2 Å². The third-order valence-corrected chi connectivity index (χ3v) is 2.93. The van der Waals surface area contributed by atoms with Gasteiger partial charge in [-0.1, -0.05) is 15.9 Å². The zero-order valence-corrected chi connectivity index (χ0v) is 12.0. The molecular weight excluding hydrogens is 300 g/mol. The van der Waals surface area contributed by atoms with Crippen molar-refractivity contribution in [3.8, 4) is 0 Å². The Morgan fingerprint density at radius 3 is 2.83 bits per heavy atom. The Bertz CT molecular complexity index is 412. The number of anilines is 1. The zero-order valence-electron chi connectivity index (χ0n) is 10.4. The Morgan fingerprint density at radius 2 is 2.22 bits per heavy atom. The third-order valence-electron chi connectivity index (χ3n) is 2.44. The number of nitrogens with two attached hydrogens (primary N) is 1. The van der Waals surface area contributed by atoms with Crippen LogP contribution in [0.5, 0.6) is 0 Å². The molecule has 0 aromatic heterocycles. The minimum atomic E-state index is -0.230. The number of benzene rings is 1. The number of carbonyl (C=O) groups is 1. The molecule has 5 nitrogen and oxygen atoms in total. The molecule has 0 spiro atoms. The first-order valence-corrected chi connectivity index (χ1v) is 6.22. The quantitative estimate of drug-likeness (QED) is 0.778. The summed E-state index contributed by atoms with van der Waals surface area (Å²) >= 11 is 3.30. The van der Waals surface area contributed by atoms with Gasteiger partial charge in [-0.25, -0.2) is 0 Å². The molecule has 0 fully saturated rings. The standard InChI is InChI=1S/C12H17BrN2O3/c1-17-7-9(18-2)6-15-12(16)10-5-8(13)3-4-11(10)14/h3-5,9H,6-7,14H2,1-2H3,(H,15,16). The smallest absolute Gasteiger partial charge is 0.253 e. The van der Waals surface area contributed by atoms with Gasteiger partial charge < -0.3 is 20.5 Å². The highest BCUT2D eigenvalue weighted by Gasteiger charge is 2.13. The number of amides is 1. The van der Waals surface area contributed by atoms with Gasteiger partial charge in [0.15, 0.2) is 0 Å². The summed E-state index contributed by atoms with van der Waals surface area (Å²) in [6.45, 7) is 0.792. The van der Waals surface area contributed by atoms with E-state index in [2.05, 4.69) is 21.2 Å². The highest BCUT2D eigenvalue weighted by molar-refractivity contribution is 9.10. The van der Waals surface area contributed by atoms with Crippen LogP contribution in [0.3, 0.4) is 0 Å². The van der Waals surface area contributed by atoms with Crippen LogP contribution < -0.4 is 11.1 Å². The molecule has 0 bridgehead atoms. The second kappa shape index (κ2) is 7.35. The highest BCUT2D eigenvalue weighted by Crippen LogP contribution is 2.18. The minimum Gasteiger partial charge on any atom is -0.398 e. The van der Waals surface area contributed by atoms with Gasteiger partial charge in [0.1, 0.15) is 0 Å². The van der Waals surface area contributed by atoms with Gasteiger partial charge in [-0.3, -0.25) is 4.79 Å². The second-order valence-corrected chi connectivity index (χ2v) is 4.67. The number of halogens is 1. The van der Waals surface area contributed by atoms with Crippen LogP contribution in [0.25, 0.3) is 0 Å². The van der Waals surface area contributed by atoms with Gasteiger partial charge in [0.25, 0.3) is 5.91 Å². The summed E-state index contributed by atoms with van der Waals surface area (Å²) in [5.41, 5.74) is 6.63. The van der Waals surface area contributed by atoms with E-state index in [4.69, 9.17) is 15.2 Å². The number of hydrogen-bond acceptors (Lipinski definition) is 4. The predicted octanol–water partition coefficient (Wildman–Crippen LogP) is 1.42. The average molecular weight is 317 g/mol. The lowest BCUT2D eigenvalue weighted by molar-refractivity contribution is 0.0285. The van der Waals surface area contributed by atoms with Crippen LogP contribution in [0.15, 0.2) is 22.7 Å². The Labute approximate surface area is 115 Å². The molecule has 0 heterocycles. The van der Waals surface area contributed by atoms with Crippen molar-refractivity contribution in [3.63, 3.8) is 0 Å². The first-order chi connectivity index (χ1) is 8.58. The predicted molar refractivity (Wildman–Crippen MR) is 73.6 cm³/mol. The monoisotopic (exact) mass is 316 g/mol. The number of methoxy groups -OCH3 is 2. The molecule has 0 aliphatic carbocycles. The summed E-state index contributed by atoms with van der Waals surface area (Å²) < 4.78 is 10.9. The Hall–Kier alpha value is -1.11. The van der Waals surface area contributed by atoms with E-state index >= 15 is 0 Å². The largest absolute Gasteiger partial charge is 0.398 e. The van der Waals surface area contributed by atoms with Gasteiger partial charge in [-0.05, 0) is 18.2 Å². The van der Waals surface area contributed by atoms with E-state index in [1.165, 1.54) is 0 Å². The molecule has 1 unspecified atom stereocenters. The van der Waals surface area contributed by atoms with Crippen molar-refractivity contribution in [2.24, 2.45) is 0 Å². The number of rotatable bonds is 6. The molecule has 18 heavy (non-hydrogen) atoms. The van der Waals surface area contributed by atoms with Gasteiger partial charge in [0, 0.05) is 30.9 Å². The number of carbonyl (C=O) groups excluding carboxylic acids is 1. The van der Waals surface area contributed by atoms with E-state index in [9.17, 15) is 4.79 Å². The van der Waals surface area contributed by atoms with Crippen LogP contribution >= 0.6 is 15.9 Å². The maximum atomic E-state index is 11.9. The Kier molecular flexibility index (Phi) is 6.11. The molecule has 1 atom stereocenters. The van der Waals surface area contributed by atoms with E-state index in [1.807, 2.05) is 0 Å². The fraction of sp³-hybridized carbons (Fsp3) is 0.417. The van der Waals surface area contributed by atoms with Crippen LogP contribution in [0.1, 0.15) is 10.4 Å². The molecule has 0 saturated carbocycles. The van der Waals surface area contributed by atoms with Crippen molar-refractivity contribution >= 4 is 27.5 Å². The molecule has 0 aliphatic heterocycles. The van der Waals surface area contributed by atoms with Crippen molar-refractivity contribution in [1.29, 1.82) is 0 Å². The van der Waals surface area contributed by atoms with Gasteiger partial charge in [-0.2, -0.15) is 0 Å². The molecule has 6 heteroatoms. The van der Waals surface area contributed by atoms with Crippen LogP contribution in [0, 0.1) is 0 Å². The maximum Gasteiger partial charge on any atom is 0.253 e. The lowest BCUT2D eigenvalue weighted by atomic mass is 10.1. The molecule has 3 N–H and O–H groups in total. The maximum absolute atomic E-state index is 11.9. The second-order valence-electron chi connectivity index (χ2n) is 3.75. The summed E-state index contributed by atoms with van der Waals surface area (Å²) in [7, 11) is 3.16. The fourth-order valence-electron chi connectivity index (χ4n) is 1.42. The van der Waals surface area contributed by atoms with E-state index < -0.39 is 0 Å². The van der Waals surface area contributed by atoms with Crippen molar-refractivity contribution in [2.45, 2.75) is 6.10 Å². The van der Waals surface area contributed by atoms with Gasteiger partial charge in [0.2, 0.25) is 0 Å². The van der Waals surface area contributed by atoms with E-state index in [-0.39, 0.29) is 12.0 Å². The van der Waals surface area contributed by atoms with E-state index in [0.717, 1.165) is 4.47 Å². The van der Waals surface area contributed by atoms with Crippen molar-refractivity contribution in [1.82, 2.24) is 5.32 Å². The highest BCUT2D eigenvalue weighted by atomic mass is 79.9. The topological polar surface area (TPSA) is 73.6 Å². The SMILES string of the molecule is COCC(CNC(=O)c1cc(Br)ccc1N)OC. The molecule has 1 aromatic rings. The number of ether oxygens (including phenoxy) is 2. The summed E-state index contributed by atoms with van der Waals surface area (Å²) in [6.07, 6.45) is -0.174. The fourth-order valence-corrected chi connectivity index (χ4v) is 1.78. The Balaban J connectivity index is 2.62. The van der Waals surface area contributed by atoms with Crippen molar-refractivity contribution < 1.29 is 14.3 Å². The van der Waals surface area contributed by atoms with Crippen molar-refractivity contribution in [2.75, 3.05) is 33.1 Å². The third kappa shape index (κ3) is 4.29. The molecule has 1 amide bonds. The summed E-state index contributed by atoms with van der Waals surface area (Å²) in [5.74, 6) is -0.230. The minimum absolute atomic E-state index is 0.174. The summed E-state index contributed by atoms with van der Waals surface area (Å²) in [6, 6.07) is 5.15. The molecule has 0 aliphatic rings. The van der Waals surface area contributed by atoms with Crippen LogP contribution in [-0.4, -0.2) is 39.4 Å². The summed E-state index contributed by atoms with van der Waals surface area (Å²) in [5, 5.41) is 2.76. The molecule has 0 saturated heterocycles. The van der Waals surface area contributed by atoms with Crippen LogP contribution in [-0.2, 0) is 9.47 Å². The number of nitrogens with one attached hydrogen (secondary N) is 1. The van der Waals surface area contributed by atoms with Gasteiger partial charge >= 0.3 is 0 Å². The number of nitrogen functional groups attached to an aromatic ring is 1. The van der Waals surface area contributed by atoms with Gasteiger partial charge in [-0.15, -0.1) is 0 Å². The normalized spacial score (nSPS) is 12.2. The summed E-state index contributed by atoms with van der Waals surface area (Å²) in [4.78, 5) is 11.9. The molecule has 1 rings (SSSR count). The van der Waals surface area contributed by atoms with E-state index in [1.54, 1.807) is 32.4 Å². The average Bonchev–Trinajstić information content (AvgIpc) is 2.37. The zero-order chi connectivity index (χ0) is 13.5. The molecule has 100 valence electrons. The van der Waals surface area contributed by atoms with E-state index in [0.29, 0.717) is 24.4 Å². The van der Waals surface area contributed by atoms with Crippen LogP contribution in [0.2, 0.25) is 0 Å². The lowest BCUT2D eigenvalue weighted by Gasteiger charge is -2.15. The number of hydrogen-bond donors (Lipinski definition) is 2. The first kappa shape index (κ1) is 14.9. The molecule has 1 aromatic carbocycles. The van der Waals surface area contributed by atoms with Gasteiger partial charge in [0.05, 0.1) is 18.3 Å².